The molecule has 0 radical (unpaired) electrons. The molecule has 96 valence electrons. The largest absolute Gasteiger partial charge is 0.383 e. The van der Waals surface area contributed by atoms with E-state index >= 15 is 0 Å². The number of nitrogens with one attached hydrogen (secondary N) is 1. The molecule has 1 aromatic rings. The van der Waals surface area contributed by atoms with E-state index in [9.17, 15) is 0 Å². The zero-order valence-corrected chi connectivity index (χ0v) is 10.7. The monoisotopic (exact) mass is 239 g/mol. The van der Waals surface area contributed by atoms with Crippen LogP contribution in [0.2, 0.25) is 0 Å². The van der Waals surface area contributed by atoms with Crippen LogP contribution in [-0.4, -0.2) is 41.2 Å². The number of nitrogens with zero attached hydrogens (tertiary/aromatic N) is 3. The van der Waals surface area contributed by atoms with Gasteiger partial charge in [0.25, 0.3) is 0 Å². The maximum atomic E-state index is 5.24. The Kier molecular flexibility index (Phi) is 5.82. The van der Waals surface area contributed by atoms with Crippen molar-refractivity contribution in [2.75, 3.05) is 25.7 Å². The lowest BCUT2D eigenvalue weighted by atomic mass is 10.2. The minimum Gasteiger partial charge on any atom is -0.383 e. The smallest absolute Gasteiger partial charge is 0.158 e. The summed E-state index contributed by atoms with van der Waals surface area (Å²) in [5, 5.41) is 0. The Morgan fingerprint density at radius 1 is 1.47 bits per heavy atom. The summed E-state index contributed by atoms with van der Waals surface area (Å²) in [5.41, 5.74) is 3.38. The van der Waals surface area contributed by atoms with Gasteiger partial charge in [0.15, 0.2) is 5.82 Å². The van der Waals surface area contributed by atoms with Gasteiger partial charge in [-0.1, -0.05) is 6.92 Å². The topological polar surface area (TPSA) is 76.3 Å². The zero-order valence-electron chi connectivity index (χ0n) is 10.7. The fourth-order valence-corrected chi connectivity index (χ4v) is 1.64. The van der Waals surface area contributed by atoms with Crippen LogP contribution in [0.25, 0.3) is 0 Å². The van der Waals surface area contributed by atoms with E-state index in [1.165, 1.54) is 0 Å². The van der Waals surface area contributed by atoms with Gasteiger partial charge in [-0.2, -0.15) is 0 Å². The van der Waals surface area contributed by atoms with Gasteiger partial charge in [-0.25, -0.2) is 10.8 Å². The predicted octanol–water partition coefficient (Wildman–Crippen LogP) is 0.619. The predicted molar refractivity (Wildman–Crippen MR) is 67.3 cm³/mol. The summed E-state index contributed by atoms with van der Waals surface area (Å²) in [5.74, 6) is 5.81. The lowest BCUT2D eigenvalue weighted by Gasteiger charge is -2.26. The van der Waals surface area contributed by atoms with Crippen LogP contribution >= 0.6 is 0 Å². The van der Waals surface area contributed by atoms with Crippen LogP contribution in [0.4, 0.5) is 5.82 Å². The maximum absolute atomic E-state index is 5.24. The molecule has 1 unspecified atom stereocenters. The van der Waals surface area contributed by atoms with Gasteiger partial charge in [-0.3, -0.25) is 9.88 Å². The Morgan fingerprint density at radius 2 is 2.24 bits per heavy atom. The van der Waals surface area contributed by atoms with Crippen LogP contribution < -0.4 is 11.3 Å². The molecular formula is C11H21N5O. The molecule has 0 bridgehead atoms. The van der Waals surface area contributed by atoms with Gasteiger partial charge < -0.3 is 10.2 Å². The number of hydrazine groups is 1. The standard InChI is InChI=1S/C11H21N5O/c1-4-16(9(2)8-17-3)7-10-5-14-11(15-12)6-13-10/h5-6,9H,4,7-8,12H2,1-3H3,(H,14,15). The summed E-state index contributed by atoms with van der Waals surface area (Å²) in [7, 11) is 1.71. The van der Waals surface area contributed by atoms with E-state index in [0.29, 0.717) is 18.5 Å². The molecule has 1 aromatic heterocycles. The van der Waals surface area contributed by atoms with Crippen molar-refractivity contribution in [3.63, 3.8) is 0 Å². The number of anilines is 1. The summed E-state index contributed by atoms with van der Waals surface area (Å²) < 4.78 is 5.16. The highest BCUT2D eigenvalue weighted by Gasteiger charge is 2.12. The van der Waals surface area contributed by atoms with Crippen LogP contribution in [0, 0.1) is 0 Å². The number of aromatic nitrogens is 2. The Balaban J connectivity index is 2.60. The van der Waals surface area contributed by atoms with Gasteiger partial charge in [0, 0.05) is 19.7 Å². The minimum atomic E-state index is 0.360. The molecule has 0 saturated carbocycles. The first-order chi connectivity index (χ1) is 8.21. The molecule has 3 N–H and O–H groups in total. The van der Waals surface area contributed by atoms with Crippen LogP contribution in [0.1, 0.15) is 19.5 Å². The molecule has 6 nitrogen and oxygen atoms in total. The number of rotatable bonds is 7. The molecule has 0 aromatic carbocycles. The molecule has 0 amide bonds. The van der Waals surface area contributed by atoms with E-state index in [0.717, 1.165) is 18.8 Å². The third kappa shape index (κ3) is 4.26. The van der Waals surface area contributed by atoms with Crippen LogP contribution in [0.5, 0.6) is 0 Å². The van der Waals surface area contributed by atoms with Crippen molar-refractivity contribution in [3.8, 4) is 0 Å². The number of ether oxygens (including phenoxy) is 1. The van der Waals surface area contributed by atoms with Crippen molar-refractivity contribution in [3.05, 3.63) is 18.1 Å². The Labute approximate surface area is 102 Å². The first kappa shape index (κ1) is 13.8. The molecule has 0 spiro atoms. The summed E-state index contributed by atoms with van der Waals surface area (Å²) in [6, 6.07) is 0.360. The molecular weight excluding hydrogens is 218 g/mol. The van der Waals surface area contributed by atoms with Gasteiger partial charge in [-0.15, -0.1) is 0 Å². The molecule has 0 saturated heterocycles. The average Bonchev–Trinajstić information content (AvgIpc) is 2.37. The third-order valence-electron chi connectivity index (χ3n) is 2.66. The van der Waals surface area contributed by atoms with Crippen LogP contribution in [-0.2, 0) is 11.3 Å². The highest BCUT2D eigenvalue weighted by Crippen LogP contribution is 2.07. The van der Waals surface area contributed by atoms with Crippen LogP contribution in [0.15, 0.2) is 12.4 Å². The normalized spacial score (nSPS) is 12.8. The van der Waals surface area contributed by atoms with Gasteiger partial charge in [0.05, 0.1) is 24.7 Å². The summed E-state index contributed by atoms with van der Waals surface area (Å²) >= 11 is 0. The van der Waals surface area contributed by atoms with Gasteiger partial charge in [-0.05, 0) is 13.5 Å². The molecule has 1 heterocycles. The number of nitrogens with two attached hydrogens (primary N) is 1. The molecule has 1 rings (SSSR count). The first-order valence-electron chi connectivity index (χ1n) is 5.71. The molecule has 1 atom stereocenters. The molecule has 0 aliphatic rings. The quantitative estimate of drug-likeness (QED) is 0.536. The van der Waals surface area contributed by atoms with Gasteiger partial charge in [0.2, 0.25) is 0 Å². The van der Waals surface area contributed by atoms with Crippen molar-refractivity contribution in [2.24, 2.45) is 5.84 Å². The Bertz CT molecular complexity index is 316. The Morgan fingerprint density at radius 3 is 2.71 bits per heavy atom. The summed E-state index contributed by atoms with van der Waals surface area (Å²) in [6.07, 6.45) is 3.36. The van der Waals surface area contributed by atoms with E-state index in [-0.39, 0.29) is 0 Å². The van der Waals surface area contributed by atoms with Crippen molar-refractivity contribution in [1.82, 2.24) is 14.9 Å². The number of methoxy groups -OCH3 is 1. The van der Waals surface area contributed by atoms with Crippen molar-refractivity contribution >= 4 is 5.82 Å². The SMILES string of the molecule is CCN(Cc1cnc(NN)cn1)C(C)COC. The van der Waals surface area contributed by atoms with Gasteiger partial charge >= 0.3 is 0 Å². The van der Waals surface area contributed by atoms with E-state index in [4.69, 9.17) is 10.6 Å². The third-order valence-corrected chi connectivity index (χ3v) is 2.66. The zero-order chi connectivity index (χ0) is 12.7. The van der Waals surface area contributed by atoms with Gasteiger partial charge in [0.1, 0.15) is 0 Å². The fourth-order valence-electron chi connectivity index (χ4n) is 1.64. The summed E-state index contributed by atoms with van der Waals surface area (Å²) in [4.78, 5) is 10.7. The molecule has 17 heavy (non-hydrogen) atoms. The number of likely N-dealkylation sites (N-methyl/N-ethyl adjacent to an activating group) is 1. The van der Waals surface area contributed by atoms with Crippen LogP contribution in [0.3, 0.4) is 0 Å². The van der Waals surface area contributed by atoms with Crippen molar-refractivity contribution in [1.29, 1.82) is 0 Å². The second-order valence-electron chi connectivity index (χ2n) is 3.90. The highest BCUT2D eigenvalue weighted by atomic mass is 16.5. The molecule has 0 fully saturated rings. The van der Waals surface area contributed by atoms with E-state index in [1.54, 1.807) is 19.5 Å². The van der Waals surface area contributed by atoms with Crippen molar-refractivity contribution in [2.45, 2.75) is 26.4 Å². The number of hydrogen-bond acceptors (Lipinski definition) is 6. The second kappa shape index (κ2) is 7.16. The average molecular weight is 239 g/mol. The lowest BCUT2D eigenvalue weighted by Crippen LogP contribution is -2.35. The molecule has 0 aliphatic heterocycles. The van der Waals surface area contributed by atoms with Crippen molar-refractivity contribution < 1.29 is 4.74 Å². The number of nitrogen functional groups attached to an aromatic ring is 1. The lowest BCUT2D eigenvalue weighted by molar-refractivity contribution is 0.0973. The fraction of sp³-hybridized carbons (Fsp3) is 0.636. The maximum Gasteiger partial charge on any atom is 0.158 e. The highest BCUT2D eigenvalue weighted by molar-refractivity contribution is 5.28. The molecule has 6 heteroatoms. The first-order valence-corrected chi connectivity index (χ1v) is 5.71. The number of hydrogen-bond donors (Lipinski definition) is 2. The second-order valence-corrected chi connectivity index (χ2v) is 3.90. The van der Waals surface area contributed by atoms with E-state index in [2.05, 4.69) is 34.1 Å². The van der Waals surface area contributed by atoms with E-state index in [1.807, 2.05) is 0 Å². The molecule has 0 aliphatic carbocycles. The minimum absolute atomic E-state index is 0.360. The Hall–Kier alpha value is -1.24. The summed E-state index contributed by atoms with van der Waals surface area (Å²) in [6.45, 7) is 6.68. The van der Waals surface area contributed by atoms with E-state index < -0.39 is 0 Å².